The molecule has 1 aromatic heterocycles. The Kier molecular flexibility index (Phi) is 3.91. The fraction of sp³-hybridized carbons (Fsp3) is 0.400. The maximum absolute atomic E-state index is 11.3. The molecule has 1 heterocycles. The van der Waals surface area contributed by atoms with Crippen LogP contribution in [-0.2, 0) is 4.74 Å². The maximum Gasteiger partial charge on any atom is 0.413 e. The van der Waals surface area contributed by atoms with E-state index in [2.05, 4.69) is 10.3 Å². The second kappa shape index (κ2) is 5.19. The van der Waals surface area contributed by atoms with E-state index in [0.29, 0.717) is 11.5 Å². The number of hydrogen-bond donors (Lipinski definition) is 2. The van der Waals surface area contributed by atoms with E-state index in [-0.39, 0.29) is 6.10 Å². The molecule has 15 heavy (non-hydrogen) atoms. The van der Waals surface area contributed by atoms with E-state index in [1.165, 1.54) is 6.20 Å². The Morgan fingerprint density at radius 1 is 1.67 bits per heavy atom. The number of pyridine rings is 1. The molecule has 1 unspecified atom stereocenters. The van der Waals surface area contributed by atoms with Crippen molar-refractivity contribution in [2.75, 3.05) is 11.1 Å². The van der Waals surface area contributed by atoms with Gasteiger partial charge in [-0.05, 0) is 25.5 Å². The zero-order chi connectivity index (χ0) is 11.3. The number of hydrogen-bond acceptors (Lipinski definition) is 4. The molecule has 0 saturated heterocycles. The molecule has 82 valence electrons. The van der Waals surface area contributed by atoms with Crippen molar-refractivity contribution < 1.29 is 9.53 Å². The smallest absolute Gasteiger partial charge is 0.413 e. The lowest BCUT2D eigenvalue weighted by atomic mass is 10.3. The molecule has 0 saturated carbocycles. The second-order valence-corrected chi connectivity index (χ2v) is 3.23. The van der Waals surface area contributed by atoms with Crippen molar-refractivity contribution in [1.29, 1.82) is 0 Å². The van der Waals surface area contributed by atoms with Crippen molar-refractivity contribution in [1.82, 2.24) is 4.98 Å². The Labute approximate surface area is 88.6 Å². The van der Waals surface area contributed by atoms with Crippen molar-refractivity contribution in [3.8, 4) is 0 Å². The molecule has 0 spiro atoms. The summed E-state index contributed by atoms with van der Waals surface area (Å²) in [5, 5.41) is 2.51. The van der Waals surface area contributed by atoms with Gasteiger partial charge in [-0.15, -0.1) is 0 Å². The normalized spacial score (nSPS) is 11.9. The molecule has 1 amide bonds. The zero-order valence-electron chi connectivity index (χ0n) is 8.86. The first-order valence-corrected chi connectivity index (χ1v) is 4.81. The highest BCUT2D eigenvalue weighted by molar-refractivity contribution is 5.83. The third-order valence-corrected chi connectivity index (χ3v) is 1.90. The molecule has 0 radical (unpaired) electrons. The number of rotatable bonds is 3. The van der Waals surface area contributed by atoms with E-state index in [0.717, 1.165) is 6.42 Å². The summed E-state index contributed by atoms with van der Waals surface area (Å²) in [5.74, 6) is 0.428. The van der Waals surface area contributed by atoms with Gasteiger partial charge in [0.05, 0.1) is 11.9 Å². The van der Waals surface area contributed by atoms with Gasteiger partial charge in [-0.2, -0.15) is 0 Å². The number of nitrogens with two attached hydrogens (primary N) is 1. The topological polar surface area (TPSA) is 77.2 Å². The monoisotopic (exact) mass is 209 g/mol. The number of nitrogen functional groups attached to an aromatic ring is 1. The molecular weight excluding hydrogens is 194 g/mol. The highest BCUT2D eigenvalue weighted by Crippen LogP contribution is 2.07. The second-order valence-electron chi connectivity index (χ2n) is 3.23. The van der Waals surface area contributed by atoms with Crippen LogP contribution in [0.1, 0.15) is 20.3 Å². The zero-order valence-corrected chi connectivity index (χ0v) is 8.86. The summed E-state index contributed by atoms with van der Waals surface area (Å²) >= 11 is 0. The van der Waals surface area contributed by atoms with Crippen molar-refractivity contribution in [3.05, 3.63) is 18.3 Å². The van der Waals surface area contributed by atoms with Gasteiger partial charge in [0, 0.05) is 0 Å². The summed E-state index contributed by atoms with van der Waals surface area (Å²) in [6.45, 7) is 3.77. The van der Waals surface area contributed by atoms with Crippen LogP contribution in [0.15, 0.2) is 18.3 Å². The summed E-state index contributed by atoms with van der Waals surface area (Å²) < 4.78 is 5.01. The van der Waals surface area contributed by atoms with E-state index >= 15 is 0 Å². The van der Waals surface area contributed by atoms with Crippen LogP contribution in [0.4, 0.5) is 16.3 Å². The molecule has 0 aliphatic heterocycles. The van der Waals surface area contributed by atoms with Crippen LogP contribution in [0.25, 0.3) is 0 Å². The first-order valence-electron chi connectivity index (χ1n) is 4.81. The van der Waals surface area contributed by atoms with Crippen LogP contribution < -0.4 is 11.1 Å². The first-order chi connectivity index (χ1) is 7.11. The molecule has 1 aromatic rings. The Morgan fingerprint density at radius 2 is 2.40 bits per heavy atom. The number of aromatic nitrogens is 1. The van der Waals surface area contributed by atoms with Crippen LogP contribution in [-0.4, -0.2) is 17.2 Å². The molecule has 0 aromatic carbocycles. The highest BCUT2D eigenvalue weighted by atomic mass is 16.6. The van der Waals surface area contributed by atoms with Crippen LogP contribution in [0.5, 0.6) is 0 Å². The molecular formula is C10H15N3O2. The number of carbonyl (C=O) groups is 1. The minimum atomic E-state index is -0.498. The Bertz CT molecular complexity index is 324. The van der Waals surface area contributed by atoms with Gasteiger partial charge in [-0.1, -0.05) is 6.92 Å². The predicted molar refractivity (Wildman–Crippen MR) is 58.5 cm³/mol. The van der Waals surface area contributed by atoms with Gasteiger partial charge >= 0.3 is 6.09 Å². The van der Waals surface area contributed by atoms with E-state index < -0.39 is 6.09 Å². The van der Waals surface area contributed by atoms with Crippen molar-refractivity contribution in [2.45, 2.75) is 26.4 Å². The van der Waals surface area contributed by atoms with Crippen molar-refractivity contribution in [2.24, 2.45) is 0 Å². The lowest BCUT2D eigenvalue weighted by Gasteiger charge is -2.11. The van der Waals surface area contributed by atoms with E-state index in [1.807, 2.05) is 13.8 Å². The number of ether oxygens (including phenoxy) is 1. The molecule has 5 heteroatoms. The van der Waals surface area contributed by atoms with Gasteiger partial charge < -0.3 is 10.5 Å². The quantitative estimate of drug-likeness (QED) is 0.798. The molecule has 5 nitrogen and oxygen atoms in total. The molecule has 0 aliphatic carbocycles. The highest BCUT2D eigenvalue weighted by Gasteiger charge is 2.07. The molecule has 0 aliphatic rings. The van der Waals surface area contributed by atoms with Gasteiger partial charge in [0.15, 0.2) is 0 Å². The lowest BCUT2D eigenvalue weighted by molar-refractivity contribution is 0.118. The van der Waals surface area contributed by atoms with Crippen LogP contribution in [0.2, 0.25) is 0 Å². The van der Waals surface area contributed by atoms with E-state index in [4.69, 9.17) is 10.5 Å². The van der Waals surface area contributed by atoms with Crippen LogP contribution in [0.3, 0.4) is 0 Å². The SMILES string of the molecule is CCC(C)OC(=O)Nc1ccc(N)cn1. The third kappa shape index (κ3) is 3.84. The van der Waals surface area contributed by atoms with Gasteiger partial charge in [0.25, 0.3) is 0 Å². The summed E-state index contributed by atoms with van der Waals surface area (Å²) in [6, 6.07) is 3.28. The lowest BCUT2D eigenvalue weighted by Crippen LogP contribution is -2.20. The summed E-state index contributed by atoms with van der Waals surface area (Å²) in [7, 11) is 0. The summed E-state index contributed by atoms with van der Waals surface area (Å²) in [6.07, 6.45) is 1.65. The minimum absolute atomic E-state index is 0.0984. The fourth-order valence-corrected chi connectivity index (χ4v) is 0.879. The van der Waals surface area contributed by atoms with Gasteiger partial charge in [0.2, 0.25) is 0 Å². The van der Waals surface area contributed by atoms with E-state index in [9.17, 15) is 4.79 Å². The van der Waals surface area contributed by atoms with Gasteiger partial charge in [-0.25, -0.2) is 9.78 Å². The molecule has 0 fully saturated rings. The van der Waals surface area contributed by atoms with Crippen LogP contribution >= 0.6 is 0 Å². The number of amides is 1. The largest absolute Gasteiger partial charge is 0.446 e. The number of anilines is 2. The first kappa shape index (κ1) is 11.3. The summed E-state index contributed by atoms with van der Waals surface area (Å²) in [4.78, 5) is 15.2. The number of carbonyl (C=O) groups excluding carboxylic acids is 1. The predicted octanol–water partition coefficient (Wildman–Crippen LogP) is 2.01. The average molecular weight is 209 g/mol. The minimum Gasteiger partial charge on any atom is -0.446 e. The van der Waals surface area contributed by atoms with Gasteiger partial charge in [-0.3, -0.25) is 5.32 Å². The van der Waals surface area contributed by atoms with E-state index in [1.54, 1.807) is 12.1 Å². The number of nitrogens with one attached hydrogen (secondary N) is 1. The summed E-state index contributed by atoms with van der Waals surface area (Å²) in [5.41, 5.74) is 6.00. The molecule has 1 atom stereocenters. The molecule has 3 N–H and O–H groups in total. The number of nitrogens with zero attached hydrogens (tertiary/aromatic N) is 1. The molecule has 1 rings (SSSR count). The van der Waals surface area contributed by atoms with Crippen molar-refractivity contribution in [3.63, 3.8) is 0 Å². The fourth-order valence-electron chi connectivity index (χ4n) is 0.879. The standard InChI is InChI=1S/C10H15N3O2/c1-3-7(2)15-10(14)13-9-5-4-8(11)6-12-9/h4-7H,3,11H2,1-2H3,(H,12,13,14). The van der Waals surface area contributed by atoms with Crippen molar-refractivity contribution >= 4 is 17.6 Å². The Morgan fingerprint density at radius 3 is 2.93 bits per heavy atom. The average Bonchev–Trinajstić information content (AvgIpc) is 2.21. The molecule has 0 bridgehead atoms. The van der Waals surface area contributed by atoms with Gasteiger partial charge in [0.1, 0.15) is 11.9 Å². The Balaban J connectivity index is 2.48. The third-order valence-electron chi connectivity index (χ3n) is 1.90. The van der Waals surface area contributed by atoms with Crippen LogP contribution in [0, 0.1) is 0 Å². The maximum atomic E-state index is 11.3. The Hall–Kier alpha value is -1.78.